The second kappa shape index (κ2) is 6.69. The van der Waals surface area contributed by atoms with Crippen molar-refractivity contribution in [1.82, 2.24) is 10.3 Å². The molecule has 126 valence electrons. The quantitative estimate of drug-likeness (QED) is 0.897. The molecule has 1 amide bonds. The normalized spacial score (nSPS) is 16.2. The molecule has 5 nitrogen and oxygen atoms in total. The lowest BCUT2D eigenvalue weighted by Gasteiger charge is -2.24. The maximum absolute atomic E-state index is 12.4. The molecule has 0 bridgehead atoms. The number of pyridine rings is 1. The van der Waals surface area contributed by atoms with Crippen LogP contribution in [0.5, 0.6) is 5.75 Å². The van der Waals surface area contributed by atoms with Crippen molar-refractivity contribution in [2.24, 2.45) is 5.92 Å². The molecule has 2 N–H and O–H groups in total. The summed E-state index contributed by atoms with van der Waals surface area (Å²) in [6, 6.07) is 7.31. The van der Waals surface area contributed by atoms with Crippen LogP contribution in [0.25, 0.3) is 0 Å². The van der Waals surface area contributed by atoms with Crippen LogP contribution in [-0.2, 0) is 17.8 Å². The van der Waals surface area contributed by atoms with Gasteiger partial charge in [-0.1, -0.05) is 11.6 Å². The number of hydrogen-bond donors (Lipinski definition) is 2. The van der Waals surface area contributed by atoms with E-state index in [0.29, 0.717) is 23.6 Å². The molecule has 0 saturated heterocycles. The highest BCUT2D eigenvalue weighted by atomic mass is 35.5. The number of H-pyrrole nitrogens is 1. The van der Waals surface area contributed by atoms with Crippen molar-refractivity contribution in [2.75, 3.05) is 6.61 Å². The summed E-state index contributed by atoms with van der Waals surface area (Å²) < 4.78 is 5.64. The van der Waals surface area contributed by atoms with Crippen molar-refractivity contribution < 1.29 is 9.53 Å². The number of benzene rings is 1. The topological polar surface area (TPSA) is 71.2 Å². The molecule has 1 aliphatic rings. The summed E-state index contributed by atoms with van der Waals surface area (Å²) >= 11 is 6.00. The first-order chi connectivity index (χ1) is 11.4. The van der Waals surface area contributed by atoms with Crippen LogP contribution >= 0.6 is 11.6 Å². The van der Waals surface area contributed by atoms with E-state index in [2.05, 4.69) is 10.3 Å². The number of carbonyl (C=O) groups is 1. The zero-order chi connectivity index (χ0) is 17.3. The fourth-order valence-electron chi connectivity index (χ4n) is 2.95. The number of amides is 1. The summed E-state index contributed by atoms with van der Waals surface area (Å²) in [7, 11) is 0. The number of nitrogens with one attached hydrogen (secondary N) is 2. The molecule has 0 fully saturated rings. The summed E-state index contributed by atoms with van der Waals surface area (Å²) in [5, 5.41) is 3.47. The van der Waals surface area contributed by atoms with E-state index >= 15 is 0 Å². The molecule has 2 heterocycles. The Morgan fingerprint density at radius 1 is 1.38 bits per heavy atom. The first kappa shape index (κ1) is 16.6. The van der Waals surface area contributed by atoms with Gasteiger partial charge in [0.05, 0.1) is 5.92 Å². The SMILES string of the molecule is Cc1cc(C)c(CNC(=O)[C@@H]2COc3ccc(Cl)cc3C2)c(=O)[nH]1. The second-order valence-electron chi connectivity index (χ2n) is 6.12. The third-order valence-electron chi connectivity index (χ3n) is 4.23. The zero-order valence-electron chi connectivity index (χ0n) is 13.6. The van der Waals surface area contributed by atoms with Crippen LogP contribution in [0.2, 0.25) is 5.02 Å². The van der Waals surface area contributed by atoms with Crippen molar-refractivity contribution in [1.29, 1.82) is 0 Å². The van der Waals surface area contributed by atoms with Crippen LogP contribution in [0, 0.1) is 19.8 Å². The van der Waals surface area contributed by atoms with Gasteiger partial charge in [-0.2, -0.15) is 0 Å². The minimum atomic E-state index is -0.291. The Morgan fingerprint density at radius 3 is 2.92 bits per heavy atom. The van der Waals surface area contributed by atoms with E-state index in [1.165, 1.54) is 0 Å². The molecule has 0 spiro atoms. The number of rotatable bonds is 3. The van der Waals surface area contributed by atoms with Crippen LogP contribution in [-0.4, -0.2) is 17.5 Å². The van der Waals surface area contributed by atoms with Crippen LogP contribution in [0.4, 0.5) is 0 Å². The lowest BCUT2D eigenvalue weighted by atomic mass is 9.96. The third-order valence-corrected chi connectivity index (χ3v) is 4.47. The fourth-order valence-corrected chi connectivity index (χ4v) is 3.15. The Morgan fingerprint density at radius 2 is 2.17 bits per heavy atom. The Hall–Kier alpha value is -2.27. The van der Waals surface area contributed by atoms with E-state index in [0.717, 1.165) is 22.6 Å². The summed E-state index contributed by atoms with van der Waals surface area (Å²) in [6.07, 6.45) is 0.574. The highest BCUT2D eigenvalue weighted by Crippen LogP contribution is 2.29. The average molecular weight is 347 g/mol. The Kier molecular flexibility index (Phi) is 4.62. The standard InChI is InChI=1S/C18H19ClN2O3/c1-10-5-11(2)21-18(23)15(10)8-20-17(22)13-6-12-7-14(19)3-4-16(12)24-9-13/h3-5,7,13H,6,8-9H2,1-2H3,(H,20,22)(H,21,23)/t13-/m0/s1. The fraction of sp³-hybridized carbons (Fsp3) is 0.333. The largest absolute Gasteiger partial charge is 0.492 e. The molecular formula is C18H19ClN2O3. The van der Waals surface area contributed by atoms with Crippen molar-refractivity contribution in [2.45, 2.75) is 26.8 Å². The summed E-state index contributed by atoms with van der Waals surface area (Å²) in [4.78, 5) is 27.2. The number of carbonyl (C=O) groups excluding carboxylic acids is 1. The lowest BCUT2D eigenvalue weighted by molar-refractivity contribution is -0.126. The summed E-state index contributed by atoms with van der Waals surface area (Å²) in [5.41, 5.74) is 3.02. The predicted molar refractivity (Wildman–Crippen MR) is 92.5 cm³/mol. The number of aryl methyl sites for hydroxylation is 2. The van der Waals surface area contributed by atoms with Gasteiger partial charge >= 0.3 is 0 Å². The number of hydrogen-bond acceptors (Lipinski definition) is 3. The summed E-state index contributed by atoms with van der Waals surface area (Å²) in [6.45, 7) is 4.23. The van der Waals surface area contributed by atoms with Gasteiger partial charge in [0.2, 0.25) is 5.91 Å². The molecule has 0 aliphatic carbocycles. The molecule has 6 heteroatoms. The third kappa shape index (κ3) is 3.46. The Bertz CT molecular complexity index is 845. The minimum Gasteiger partial charge on any atom is -0.492 e. The van der Waals surface area contributed by atoms with Crippen LogP contribution in [0.1, 0.15) is 22.4 Å². The highest BCUT2D eigenvalue weighted by Gasteiger charge is 2.26. The molecule has 0 saturated carbocycles. The molecule has 0 radical (unpaired) electrons. The lowest BCUT2D eigenvalue weighted by Crippen LogP contribution is -2.38. The average Bonchev–Trinajstić information content (AvgIpc) is 2.52. The van der Waals surface area contributed by atoms with Gasteiger partial charge in [-0.15, -0.1) is 0 Å². The number of ether oxygens (including phenoxy) is 1. The van der Waals surface area contributed by atoms with E-state index in [4.69, 9.17) is 16.3 Å². The molecule has 24 heavy (non-hydrogen) atoms. The van der Waals surface area contributed by atoms with E-state index in [1.54, 1.807) is 6.07 Å². The van der Waals surface area contributed by atoms with Crippen molar-refractivity contribution in [3.8, 4) is 5.75 Å². The first-order valence-corrected chi connectivity index (χ1v) is 8.20. The zero-order valence-corrected chi connectivity index (χ0v) is 14.4. The Labute approximate surface area is 145 Å². The molecule has 2 aromatic rings. The number of fused-ring (bicyclic) bond motifs is 1. The van der Waals surface area contributed by atoms with E-state index in [9.17, 15) is 9.59 Å². The van der Waals surface area contributed by atoms with Crippen molar-refractivity contribution in [3.05, 3.63) is 62.0 Å². The van der Waals surface area contributed by atoms with Crippen LogP contribution in [0.15, 0.2) is 29.1 Å². The Balaban J connectivity index is 1.67. The monoisotopic (exact) mass is 346 g/mol. The molecule has 1 atom stereocenters. The minimum absolute atomic E-state index is 0.125. The van der Waals surface area contributed by atoms with Gasteiger partial charge in [0.1, 0.15) is 12.4 Å². The molecule has 0 unspecified atom stereocenters. The molecule has 1 aromatic carbocycles. The van der Waals surface area contributed by atoms with Gasteiger partial charge in [0.25, 0.3) is 5.56 Å². The van der Waals surface area contributed by atoms with Crippen molar-refractivity contribution in [3.63, 3.8) is 0 Å². The van der Waals surface area contributed by atoms with Crippen LogP contribution in [0.3, 0.4) is 0 Å². The van der Waals surface area contributed by atoms with Gasteiger partial charge < -0.3 is 15.0 Å². The van der Waals surface area contributed by atoms with Gasteiger partial charge in [-0.25, -0.2) is 0 Å². The van der Waals surface area contributed by atoms with Gasteiger partial charge in [-0.05, 0) is 55.7 Å². The molecule has 3 rings (SSSR count). The number of aromatic nitrogens is 1. The van der Waals surface area contributed by atoms with Gasteiger partial charge in [-0.3, -0.25) is 9.59 Å². The molecule has 1 aliphatic heterocycles. The van der Waals surface area contributed by atoms with Crippen LogP contribution < -0.4 is 15.6 Å². The van der Waals surface area contributed by atoms with Gasteiger partial charge in [0, 0.05) is 22.8 Å². The van der Waals surface area contributed by atoms with E-state index in [1.807, 2.05) is 32.0 Å². The summed E-state index contributed by atoms with van der Waals surface area (Å²) in [5.74, 6) is 0.357. The predicted octanol–water partition coefficient (Wildman–Crippen LogP) is 2.51. The van der Waals surface area contributed by atoms with E-state index < -0.39 is 0 Å². The maximum Gasteiger partial charge on any atom is 0.253 e. The smallest absolute Gasteiger partial charge is 0.253 e. The maximum atomic E-state index is 12.4. The first-order valence-electron chi connectivity index (χ1n) is 7.82. The van der Waals surface area contributed by atoms with E-state index in [-0.39, 0.29) is 23.9 Å². The molecular weight excluding hydrogens is 328 g/mol. The van der Waals surface area contributed by atoms with Gasteiger partial charge in [0.15, 0.2) is 0 Å². The second-order valence-corrected chi connectivity index (χ2v) is 6.56. The molecule has 1 aromatic heterocycles. The number of aromatic amines is 1. The van der Waals surface area contributed by atoms with Crippen molar-refractivity contribution >= 4 is 17.5 Å². The highest BCUT2D eigenvalue weighted by molar-refractivity contribution is 6.30. The number of halogens is 1.